The molecule has 0 saturated heterocycles. The van der Waals surface area contributed by atoms with Crippen LogP contribution in [0.2, 0.25) is 0 Å². The SMILES string of the molecule is COc1cccc(-n2cnnc2S[C@H](C)c2nc3sc4c(c3c(=O)[nH]2)CC[C@H](C)C4)c1. The van der Waals surface area contributed by atoms with Gasteiger partial charge in [0.2, 0.25) is 0 Å². The van der Waals surface area contributed by atoms with Crippen LogP contribution in [0.4, 0.5) is 0 Å². The first kappa shape index (κ1) is 20.3. The first-order valence-corrected chi connectivity index (χ1v) is 12.0. The van der Waals surface area contributed by atoms with E-state index in [-0.39, 0.29) is 10.8 Å². The average molecular weight is 454 g/mol. The summed E-state index contributed by atoms with van der Waals surface area (Å²) in [5.41, 5.74) is 2.08. The van der Waals surface area contributed by atoms with Gasteiger partial charge in [0, 0.05) is 10.9 Å². The Labute approximate surface area is 187 Å². The van der Waals surface area contributed by atoms with E-state index in [2.05, 4.69) is 22.1 Å². The number of nitrogens with one attached hydrogen (secondary N) is 1. The van der Waals surface area contributed by atoms with Gasteiger partial charge in [-0.15, -0.1) is 21.5 Å². The predicted octanol–water partition coefficient (Wildman–Crippen LogP) is 4.55. The van der Waals surface area contributed by atoms with Crippen LogP contribution in [0.15, 0.2) is 40.5 Å². The Kier molecular flexibility index (Phi) is 5.31. The van der Waals surface area contributed by atoms with Crippen LogP contribution in [-0.4, -0.2) is 31.8 Å². The van der Waals surface area contributed by atoms with Crippen LogP contribution < -0.4 is 10.3 Å². The summed E-state index contributed by atoms with van der Waals surface area (Å²) in [6.07, 6.45) is 4.82. The molecule has 3 aromatic heterocycles. The first-order chi connectivity index (χ1) is 15.0. The molecule has 0 aliphatic heterocycles. The van der Waals surface area contributed by atoms with Crippen LogP contribution in [0.5, 0.6) is 5.75 Å². The molecule has 31 heavy (non-hydrogen) atoms. The molecule has 0 unspecified atom stereocenters. The zero-order chi connectivity index (χ0) is 21.5. The summed E-state index contributed by atoms with van der Waals surface area (Å²) in [7, 11) is 1.64. The van der Waals surface area contributed by atoms with E-state index < -0.39 is 0 Å². The Morgan fingerprint density at radius 1 is 1.39 bits per heavy atom. The lowest BCUT2D eigenvalue weighted by molar-refractivity contribution is 0.414. The van der Waals surface area contributed by atoms with Crippen LogP contribution in [0.1, 0.15) is 41.8 Å². The number of aryl methyl sites for hydroxylation is 1. The van der Waals surface area contributed by atoms with E-state index in [1.807, 2.05) is 35.8 Å². The molecule has 0 radical (unpaired) electrons. The van der Waals surface area contributed by atoms with Crippen molar-refractivity contribution in [1.82, 2.24) is 24.7 Å². The molecule has 0 fully saturated rings. The van der Waals surface area contributed by atoms with E-state index in [1.165, 1.54) is 22.2 Å². The number of thiophene rings is 1. The largest absolute Gasteiger partial charge is 0.497 e. The smallest absolute Gasteiger partial charge is 0.259 e. The number of H-pyrrole nitrogens is 1. The number of benzene rings is 1. The second kappa shape index (κ2) is 8.12. The van der Waals surface area contributed by atoms with E-state index in [0.717, 1.165) is 46.1 Å². The highest BCUT2D eigenvalue weighted by Gasteiger charge is 2.24. The molecule has 0 bridgehead atoms. The number of hydrogen-bond donors (Lipinski definition) is 1. The Hall–Kier alpha value is -2.65. The summed E-state index contributed by atoms with van der Waals surface area (Å²) in [5.74, 6) is 2.09. The average Bonchev–Trinajstić information content (AvgIpc) is 3.37. The van der Waals surface area contributed by atoms with Crippen molar-refractivity contribution in [2.45, 2.75) is 43.5 Å². The lowest BCUT2D eigenvalue weighted by atomic mass is 9.89. The second-order valence-corrected chi connectivity index (χ2v) is 10.3. The van der Waals surface area contributed by atoms with Crippen molar-refractivity contribution in [2.75, 3.05) is 7.11 Å². The normalized spacial score (nSPS) is 16.9. The van der Waals surface area contributed by atoms with Gasteiger partial charge in [-0.25, -0.2) is 4.98 Å². The number of aromatic nitrogens is 5. The molecular weight excluding hydrogens is 430 g/mol. The van der Waals surface area contributed by atoms with Gasteiger partial charge in [-0.3, -0.25) is 9.36 Å². The summed E-state index contributed by atoms with van der Waals surface area (Å²) in [5, 5.41) is 9.77. The Morgan fingerprint density at radius 3 is 3.10 bits per heavy atom. The Bertz CT molecular complexity index is 1310. The molecule has 5 rings (SSSR count). The fourth-order valence-electron chi connectivity index (χ4n) is 4.01. The first-order valence-electron chi connectivity index (χ1n) is 10.3. The van der Waals surface area contributed by atoms with Crippen LogP contribution in [0.3, 0.4) is 0 Å². The lowest BCUT2D eigenvalue weighted by Crippen LogP contribution is -2.15. The molecule has 160 valence electrons. The fourth-order valence-corrected chi connectivity index (χ4v) is 6.30. The zero-order valence-corrected chi connectivity index (χ0v) is 19.2. The van der Waals surface area contributed by atoms with Crippen LogP contribution in [0.25, 0.3) is 15.9 Å². The van der Waals surface area contributed by atoms with Gasteiger partial charge in [0.05, 0.1) is 23.4 Å². The molecule has 1 N–H and O–H groups in total. The van der Waals surface area contributed by atoms with Gasteiger partial charge in [-0.05, 0) is 49.8 Å². The maximum Gasteiger partial charge on any atom is 0.259 e. The van der Waals surface area contributed by atoms with Gasteiger partial charge in [0.1, 0.15) is 22.7 Å². The van der Waals surface area contributed by atoms with E-state index in [9.17, 15) is 4.79 Å². The number of methoxy groups -OCH3 is 1. The van der Waals surface area contributed by atoms with E-state index >= 15 is 0 Å². The van der Waals surface area contributed by atoms with Crippen molar-refractivity contribution in [3.8, 4) is 11.4 Å². The summed E-state index contributed by atoms with van der Waals surface area (Å²) in [6.45, 7) is 4.29. The van der Waals surface area contributed by atoms with Gasteiger partial charge in [-0.1, -0.05) is 24.8 Å². The van der Waals surface area contributed by atoms with E-state index in [0.29, 0.717) is 11.7 Å². The van der Waals surface area contributed by atoms with Crippen LogP contribution in [0, 0.1) is 5.92 Å². The molecular formula is C22H23N5O2S2. The molecule has 0 spiro atoms. The van der Waals surface area contributed by atoms with Gasteiger partial charge >= 0.3 is 0 Å². The van der Waals surface area contributed by atoms with E-state index in [4.69, 9.17) is 9.72 Å². The van der Waals surface area contributed by atoms with Crippen molar-refractivity contribution >= 4 is 33.3 Å². The number of ether oxygens (including phenoxy) is 1. The maximum absolute atomic E-state index is 12.9. The molecule has 3 heterocycles. The maximum atomic E-state index is 12.9. The number of nitrogens with zero attached hydrogens (tertiary/aromatic N) is 4. The number of fused-ring (bicyclic) bond motifs is 3. The Balaban J connectivity index is 1.46. The van der Waals surface area contributed by atoms with Crippen molar-refractivity contribution < 1.29 is 4.74 Å². The fraction of sp³-hybridized carbons (Fsp3) is 0.364. The number of rotatable bonds is 5. The van der Waals surface area contributed by atoms with Gasteiger partial charge in [-0.2, -0.15) is 0 Å². The zero-order valence-electron chi connectivity index (χ0n) is 17.6. The molecule has 9 heteroatoms. The summed E-state index contributed by atoms with van der Waals surface area (Å²) >= 11 is 3.19. The third-order valence-electron chi connectivity index (χ3n) is 5.70. The van der Waals surface area contributed by atoms with Gasteiger partial charge in [0.25, 0.3) is 5.56 Å². The second-order valence-electron chi connectivity index (χ2n) is 7.93. The van der Waals surface area contributed by atoms with Crippen molar-refractivity contribution in [3.05, 3.63) is 57.2 Å². The molecule has 4 aromatic rings. The quantitative estimate of drug-likeness (QED) is 0.446. The van der Waals surface area contributed by atoms with Crippen LogP contribution >= 0.6 is 23.1 Å². The van der Waals surface area contributed by atoms with Crippen molar-refractivity contribution in [2.24, 2.45) is 5.92 Å². The molecule has 1 aliphatic rings. The third kappa shape index (κ3) is 3.76. The molecule has 0 amide bonds. The monoisotopic (exact) mass is 453 g/mol. The van der Waals surface area contributed by atoms with Crippen LogP contribution in [-0.2, 0) is 12.8 Å². The molecule has 7 nitrogen and oxygen atoms in total. The van der Waals surface area contributed by atoms with Gasteiger partial charge in [0.15, 0.2) is 5.16 Å². The Morgan fingerprint density at radius 2 is 2.26 bits per heavy atom. The summed E-state index contributed by atoms with van der Waals surface area (Å²) < 4.78 is 7.24. The summed E-state index contributed by atoms with van der Waals surface area (Å²) in [6, 6.07) is 7.73. The van der Waals surface area contributed by atoms with Gasteiger partial charge < -0.3 is 9.72 Å². The van der Waals surface area contributed by atoms with Crippen molar-refractivity contribution in [3.63, 3.8) is 0 Å². The number of thioether (sulfide) groups is 1. The topological polar surface area (TPSA) is 85.7 Å². The highest BCUT2D eigenvalue weighted by atomic mass is 32.2. The minimum Gasteiger partial charge on any atom is -0.497 e. The third-order valence-corrected chi connectivity index (χ3v) is 7.91. The highest BCUT2D eigenvalue weighted by Crippen LogP contribution is 2.38. The molecule has 0 saturated carbocycles. The van der Waals surface area contributed by atoms with Crippen molar-refractivity contribution in [1.29, 1.82) is 0 Å². The molecule has 2 atom stereocenters. The highest BCUT2D eigenvalue weighted by molar-refractivity contribution is 7.99. The predicted molar refractivity (Wildman–Crippen MR) is 124 cm³/mol. The lowest BCUT2D eigenvalue weighted by Gasteiger charge is -2.17. The molecule has 1 aliphatic carbocycles. The standard InChI is InChI=1S/C22H23N5O2S2/c1-12-7-8-16-17(9-12)31-21-18(16)20(28)24-19(25-21)13(2)30-22-26-23-11-27(22)14-5-4-6-15(10-14)29-3/h4-6,10-13H,7-9H2,1-3H3,(H,24,25,28)/t12-,13+/m0/s1. The molecule has 1 aromatic carbocycles. The number of aromatic amines is 1. The van der Waals surface area contributed by atoms with E-state index in [1.54, 1.807) is 24.8 Å². The minimum atomic E-state index is -0.0938. The minimum absolute atomic E-state index is 0.0336. The summed E-state index contributed by atoms with van der Waals surface area (Å²) in [4.78, 5) is 23.0. The number of hydrogen-bond acceptors (Lipinski definition) is 7.